The number of amides is 2. The van der Waals surface area contributed by atoms with Crippen molar-refractivity contribution in [3.63, 3.8) is 0 Å². The number of rotatable bonds is 2. The largest absolute Gasteiger partial charge is 0.444 e. The molecule has 2 amide bonds. The SMILES string of the molecule is CC(C)(C)OC(=O)N1CCN(C(=O)c2csc(-c3ccc(Cl)c(Cl)c3)n2)CC1. The van der Waals surface area contributed by atoms with Crippen LogP contribution in [0.25, 0.3) is 10.6 Å². The predicted octanol–water partition coefficient (Wildman–Crippen LogP) is 4.81. The maximum Gasteiger partial charge on any atom is 0.410 e. The minimum absolute atomic E-state index is 0.147. The van der Waals surface area contributed by atoms with Crippen LogP contribution in [-0.4, -0.2) is 58.6 Å². The van der Waals surface area contributed by atoms with Crippen LogP contribution < -0.4 is 0 Å². The molecule has 150 valence electrons. The van der Waals surface area contributed by atoms with Gasteiger partial charge in [-0.3, -0.25) is 4.79 Å². The zero-order valence-electron chi connectivity index (χ0n) is 15.9. The molecule has 2 heterocycles. The van der Waals surface area contributed by atoms with E-state index in [0.717, 1.165) is 5.56 Å². The number of hydrogen-bond acceptors (Lipinski definition) is 5. The van der Waals surface area contributed by atoms with Crippen molar-refractivity contribution < 1.29 is 14.3 Å². The smallest absolute Gasteiger partial charge is 0.410 e. The van der Waals surface area contributed by atoms with Crippen molar-refractivity contribution in [2.45, 2.75) is 26.4 Å². The Morgan fingerprint density at radius 2 is 1.71 bits per heavy atom. The van der Waals surface area contributed by atoms with Crippen LogP contribution in [0.1, 0.15) is 31.3 Å². The van der Waals surface area contributed by atoms with Gasteiger partial charge in [-0.25, -0.2) is 9.78 Å². The highest BCUT2D eigenvalue weighted by molar-refractivity contribution is 7.13. The van der Waals surface area contributed by atoms with Gasteiger partial charge in [0.25, 0.3) is 5.91 Å². The number of benzene rings is 1. The van der Waals surface area contributed by atoms with E-state index < -0.39 is 5.60 Å². The van der Waals surface area contributed by atoms with Gasteiger partial charge >= 0.3 is 6.09 Å². The molecule has 0 bridgehead atoms. The van der Waals surface area contributed by atoms with E-state index in [1.807, 2.05) is 26.8 Å². The van der Waals surface area contributed by atoms with Gasteiger partial charge in [0.05, 0.1) is 10.0 Å². The van der Waals surface area contributed by atoms with E-state index in [9.17, 15) is 9.59 Å². The van der Waals surface area contributed by atoms with Crippen molar-refractivity contribution in [3.05, 3.63) is 39.3 Å². The van der Waals surface area contributed by atoms with Crippen molar-refractivity contribution in [1.82, 2.24) is 14.8 Å². The van der Waals surface area contributed by atoms with E-state index in [0.29, 0.717) is 46.9 Å². The van der Waals surface area contributed by atoms with Crippen molar-refractivity contribution in [1.29, 1.82) is 0 Å². The maximum absolute atomic E-state index is 12.8. The third-order valence-corrected chi connectivity index (χ3v) is 5.74. The van der Waals surface area contributed by atoms with Gasteiger partial charge in [0.2, 0.25) is 0 Å². The van der Waals surface area contributed by atoms with E-state index in [2.05, 4.69) is 4.98 Å². The maximum atomic E-state index is 12.8. The molecule has 0 atom stereocenters. The average molecular weight is 442 g/mol. The van der Waals surface area contributed by atoms with Crippen LogP contribution in [-0.2, 0) is 4.74 Å². The van der Waals surface area contributed by atoms with E-state index in [1.165, 1.54) is 11.3 Å². The molecule has 1 aromatic carbocycles. The molecular weight excluding hydrogens is 421 g/mol. The standard InChI is InChI=1S/C19H21Cl2N3O3S/c1-19(2,3)27-18(26)24-8-6-23(7-9-24)17(25)15-11-28-16(22-15)12-4-5-13(20)14(21)10-12/h4-5,10-11H,6-9H2,1-3H3. The first-order valence-corrected chi connectivity index (χ1v) is 10.5. The van der Waals surface area contributed by atoms with E-state index >= 15 is 0 Å². The fourth-order valence-electron chi connectivity index (χ4n) is 2.71. The molecule has 3 rings (SSSR count). The molecule has 1 saturated heterocycles. The average Bonchev–Trinajstić information content (AvgIpc) is 3.12. The first-order chi connectivity index (χ1) is 13.1. The fourth-order valence-corrected chi connectivity index (χ4v) is 3.80. The Labute approximate surface area is 178 Å². The Morgan fingerprint density at radius 1 is 1.07 bits per heavy atom. The first kappa shape index (κ1) is 20.9. The number of thiazole rings is 1. The summed E-state index contributed by atoms with van der Waals surface area (Å²) in [6.07, 6.45) is -0.352. The number of hydrogen-bond donors (Lipinski definition) is 0. The topological polar surface area (TPSA) is 62.7 Å². The summed E-state index contributed by atoms with van der Waals surface area (Å²) in [7, 11) is 0. The van der Waals surface area contributed by atoms with Crippen molar-refractivity contribution >= 4 is 46.5 Å². The zero-order chi connectivity index (χ0) is 20.5. The number of carbonyl (C=O) groups is 2. The third kappa shape index (κ3) is 4.96. The van der Waals surface area contributed by atoms with Gasteiger partial charge in [-0.05, 0) is 32.9 Å². The highest BCUT2D eigenvalue weighted by Gasteiger charge is 2.29. The molecule has 0 aliphatic carbocycles. The van der Waals surface area contributed by atoms with Crippen LogP contribution in [0.15, 0.2) is 23.6 Å². The van der Waals surface area contributed by atoms with Gasteiger partial charge in [-0.1, -0.05) is 29.3 Å². The molecule has 2 aromatic rings. The van der Waals surface area contributed by atoms with Gasteiger partial charge in [0, 0.05) is 37.1 Å². The minimum atomic E-state index is -0.536. The summed E-state index contributed by atoms with van der Waals surface area (Å²) in [5.41, 5.74) is 0.663. The predicted molar refractivity (Wildman–Crippen MR) is 111 cm³/mol. The number of carbonyl (C=O) groups excluding carboxylic acids is 2. The highest BCUT2D eigenvalue weighted by Crippen LogP contribution is 2.30. The second kappa shape index (κ2) is 8.27. The monoisotopic (exact) mass is 441 g/mol. The molecule has 0 N–H and O–H groups in total. The lowest BCUT2D eigenvalue weighted by Crippen LogP contribution is -2.51. The molecule has 0 unspecified atom stereocenters. The van der Waals surface area contributed by atoms with Gasteiger partial charge in [-0.2, -0.15) is 0 Å². The summed E-state index contributed by atoms with van der Waals surface area (Å²) in [5.74, 6) is -0.147. The molecule has 1 aromatic heterocycles. The summed E-state index contributed by atoms with van der Waals surface area (Å²) >= 11 is 13.4. The lowest BCUT2D eigenvalue weighted by molar-refractivity contribution is 0.0140. The number of nitrogens with zero attached hydrogens (tertiary/aromatic N) is 3. The van der Waals surface area contributed by atoms with Crippen LogP contribution >= 0.6 is 34.5 Å². The number of piperazine rings is 1. The normalized spacial score (nSPS) is 14.9. The van der Waals surface area contributed by atoms with E-state index in [1.54, 1.807) is 27.3 Å². The second-order valence-corrected chi connectivity index (χ2v) is 9.10. The molecule has 1 fully saturated rings. The van der Waals surface area contributed by atoms with Crippen LogP contribution in [0.5, 0.6) is 0 Å². The molecular formula is C19H21Cl2N3O3S. The molecule has 1 aliphatic rings. The lowest BCUT2D eigenvalue weighted by atomic mass is 10.2. The first-order valence-electron chi connectivity index (χ1n) is 8.82. The van der Waals surface area contributed by atoms with Gasteiger partial charge < -0.3 is 14.5 Å². The van der Waals surface area contributed by atoms with Crippen LogP contribution in [0.2, 0.25) is 10.0 Å². The van der Waals surface area contributed by atoms with Crippen molar-refractivity contribution in [2.75, 3.05) is 26.2 Å². The lowest BCUT2D eigenvalue weighted by Gasteiger charge is -2.35. The Hall–Kier alpha value is -1.83. The Kier molecular flexibility index (Phi) is 6.17. The minimum Gasteiger partial charge on any atom is -0.444 e. The van der Waals surface area contributed by atoms with Crippen molar-refractivity contribution in [3.8, 4) is 10.6 Å². The summed E-state index contributed by atoms with van der Waals surface area (Å²) in [4.78, 5) is 32.7. The molecule has 0 saturated carbocycles. The zero-order valence-corrected chi connectivity index (χ0v) is 18.2. The Balaban J connectivity index is 1.62. The van der Waals surface area contributed by atoms with E-state index in [-0.39, 0.29) is 12.0 Å². The van der Waals surface area contributed by atoms with Crippen LogP contribution in [0.3, 0.4) is 0 Å². The summed E-state index contributed by atoms with van der Waals surface area (Å²) < 4.78 is 5.38. The van der Waals surface area contributed by atoms with Gasteiger partial charge in [0.15, 0.2) is 0 Å². The second-order valence-electron chi connectivity index (χ2n) is 7.43. The fraction of sp³-hybridized carbons (Fsp3) is 0.421. The van der Waals surface area contributed by atoms with Gasteiger partial charge in [-0.15, -0.1) is 11.3 Å². The van der Waals surface area contributed by atoms with Crippen LogP contribution in [0.4, 0.5) is 4.79 Å². The molecule has 1 aliphatic heterocycles. The molecule has 0 spiro atoms. The van der Waals surface area contributed by atoms with E-state index in [4.69, 9.17) is 27.9 Å². The van der Waals surface area contributed by atoms with Crippen molar-refractivity contribution in [2.24, 2.45) is 0 Å². The molecule has 28 heavy (non-hydrogen) atoms. The summed E-state index contributed by atoms with van der Waals surface area (Å²) in [6.45, 7) is 7.25. The number of aromatic nitrogens is 1. The molecule has 6 nitrogen and oxygen atoms in total. The number of ether oxygens (including phenoxy) is 1. The number of halogens is 2. The van der Waals surface area contributed by atoms with Crippen LogP contribution in [0, 0.1) is 0 Å². The third-order valence-electron chi connectivity index (χ3n) is 4.11. The van der Waals surface area contributed by atoms with Gasteiger partial charge in [0.1, 0.15) is 16.3 Å². The quantitative estimate of drug-likeness (QED) is 0.670. The molecule has 0 radical (unpaired) electrons. The molecule has 9 heteroatoms. The Morgan fingerprint density at radius 3 is 2.32 bits per heavy atom. The Bertz CT molecular complexity index is 887. The summed E-state index contributed by atoms with van der Waals surface area (Å²) in [5, 5.41) is 3.36. The summed E-state index contributed by atoms with van der Waals surface area (Å²) in [6, 6.07) is 5.26. The highest BCUT2D eigenvalue weighted by atomic mass is 35.5.